The lowest BCUT2D eigenvalue weighted by Crippen LogP contribution is -2.17. The van der Waals surface area contributed by atoms with Gasteiger partial charge in [-0.2, -0.15) is 0 Å². The van der Waals surface area contributed by atoms with Gasteiger partial charge in [0, 0.05) is 0 Å². The van der Waals surface area contributed by atoms with Crippen LogP contribution in [0.15, 0.2) is 41.3 Å². The van der Waals surface area contributed by atoms with E-state index in [-0.39, 0.29) is 10.5 Å². The molecule has 2 aromatic carbocycles. The number of halogens is 2. The summed E-state index contributed by atoms with van der Waals surface area (Å²) < 4.78 is 53.3. The first-order chi connectivity index (χ1) is 10.2. The van der Waals surface area contributed by atoms with Gasteiger partial charge in [-0.1, -0.05) is 12.1 Å². The Kier molecular flexibility index (Phi) is 4.14. The lowest BCUT2D eigenvalue weighted by Gasteiger charge is -2.12. The smallest absolute Gasteiger partial charge is 0.340 e. The number of anilines is 1. The second-order valence-corrected chi connectivity index (χ2v) is 6.13. The second-order valence-electron chi connectivity index (χ2n) is 4.48. The zero-order chi connectivity index (χ0) is 16.5. The van der Waals surface area contributed by atoms with E-state index in [0.717, 1.165) is 30.3 Å². The number of hydrogen-bond donors (Lipinski definition) is 2. The predicted molar refractivity (Wildman–Crippen MR) is 75.3 cm³/mol. The minimum absolute atomic E-state index is 0.266. The van der Waals surface area contributed by atoms with Crippen LogP contribution < -0.4 is 4.72 Å². The number of aryl methyl sites for hydroxylation is 1. The Labute approximate surface area is 125 Å². The van der Waals surface area contributed by atoms with E-state index >= 15 is 0 Å². The van der Waals surface area contributed by atoms with Gasteiger partial charge in [-0.3, -0.25) is 4.72 Å². The first-order valence-electron chi connectivity index (χ1n) is 6.03. The molecule has 0 amide bonds. The van der Waals surface area contributed by atoms with Gasteiger partial charge >= 0.3 is 5.97 Å². The number of aromatic carboxylic acids is 1. The summed E-state index contributed by atoms with van der Waals surface area (Å²) in [5.74, 6) is -3.46. The Morgan fingerprint density at radius 1 is 1.18 bits per heavy atom. The minimum Gasteiger partial charge on any atom is -0.478 e. The molecule has 2 aromatic rings. The number of rotatable bonds is 4. The Bertz CT molecular complexity index is 850. The van der Waals surface area contributed by atoms with Gasteiger partial charge in [-0.25, -0.2) is 22.0 Å². The van der Waals surface area contributed by atoms with Crippen LogP contribution >= 0.6 is 0 Å². The fourth-order valence-electron chi connectivity index (χ4n) is 1.89. The highest BCUT2D eigenvalue weighted by Gasteiger charge is 2.23. The molecular weight excluding hydrogens is 316 g/mol. The van der Waals surface area contributed by atoms with Crippen molar-refractivity contribution in [2.45, 2.75) is 11.8 Å². The molecule has 5 nitrogen and oxygen atoms in total. The summed E-state index contributed by atoms with van der Waals surface area (Å²) in [6.45, 7) is 1.46. The normalized spacial score (nSPS) is 11.2. The number of nitrogens with one attached hydrogen (secondary N) is 1. The molecule has 0 heterocycles. The third-order valence-electron chi connectivity index (χ3n) is 2.91. The molecule has 0 aliphatic heterocycles. The van der Waals surface area contributed by atoms with Crippen molar-refractivity contribution in [3.05, 3.63) is 59.2 Å². The summed E-state index contributed by atoms with van der Waals surface area (Å²) >= 11 is 0. The van der Waals surface area contributed by atoms with Crippen LogP contribution in [0.4, 0.5) is 14.5 Å². The SMILES string of the molecule is Cc1ccc(F)cc1S(=O)(=O)Nc1cccc(F)c1C(=O)O. The molecule has 116 valence electrons. The highest BCUT2D eigenvalue weighted by Crippen LogP contribution is 2.24. The average Bonchev–Trinajstić information content (AvgIpc) is 2.40. The van der Waals surface area contributed by atoms with Crippen LogP contribution in [-0.4, -0.2) is 19.5 Å². The van der Waals surface area contributed by atoms with Crippen LogP contribution in [0.25, 0.3) is 0 Å². The molecule has 2 rings (SSSR count). The summed E-state index contributed by atoms with van der Waals surface area (Å²) in [6.07, 6.45) is 0. The lowest BCUT2D eigenvalue weighted by atomic mass is 10.2. The van der Waals surface area contributed by atoms with Gasteiger partial charge in [0.25, 0.3) is 10.0 Å². The van der Waals surface area contributed by atoms with Gasteiger partial charge in [0.15, 0.2) is 0 Å². The van der Waals surface area contributed by atoms with Crippen LogP contribution in [0, 0.1) is 18.6 Å². The number of carboxylic acids is 1. The van der Waals surface area contributed by atoms with E-state index in [9.17, 15) is 22.0 Å². The Balaban J connectivity index is 2.53. The van der Waals surface area contributed by atoms with Gasteiger partial charge in [0.2, 0.25) is 0 Å². The monoisotopic (exact) mass is 327 g/mol. The van der Waals surface area contributed by atoms with Crippen molar-refractivity contribution in [3.8, 4) is 0 Å². The molecule has 8 heteroatoms. The number of benzene rings is 2. The standard InChI is InChI=1S/C14H11F2NO4S/c1-8-5-6-9(15)7-12(8)22(20,21)17-11-4-2-3-10(16)13(11)14(18)19/h2-7,17H,1H3,(H,18,19). The maximum Gasteiger partial charge on any atom is 0.340 e. The second kappa shape index (κ2) is 5.72. The molecule has 0 aliphatic carbocycles. The number of sulfonamides is 1. The van der Waals surface area contributed by atoms with Crippen molar-refractivity contribution < 1.29 is 27.1 Å². The molecule has 0 aromatic heterocycles. The molecule has 0 bridgehead atoms. The first-order valence-corrected chi connectivity index (χ1v) is 7.51. The molecule has 0 spiro atoms. The van der Waals surface area contributed by atoms with Crippen LogP contribution in [0.2, 0.25) is 0 Å². The van der Waals surface area contributed by atoms with Crippen molar-refractivity contribution in [1.82, 2.24) is 0 Å². The van der Waals surface area contributed by atoms with E-state index in [0.29, 0.717) is 0 Å². The van der Waals surface area contributed by atoms with Gasteiger partial charge in [-0.15, -0.1) is 0 Å². The summed E-state index contributed by atoms with van der Waals surface area (Å²) in [4.78, 5) is 10.7. The van der Waals surface area contributed by atoms with E-state index in [1.807, 2.05) is 4.72 Å². The molecule has 2 N–H and O–H groups in total. The van der Waals surface area contributed by atoms with Crippen molar-refractivity contribution >= 4 is 21.7 Å². The summed E-state index contributed by atoms with van der Waals surface area (Å²) in [5, 5.41) is 8.98. The molecule has 22 heavy (non-hydrogen) atoms. The van der Waals surface area contributed by atoms with Crippen molar-refractivity contribution in [1.29, 1.82) is 0 Å². The topological polar surface area (TPSA) is 83.5 Å². The zero-order valence-electron chi connectivity index (χ0n) is 11.3. The zero-order valence-corrected chi connectivity index (χ0v) is 12.1. The Morgan fingerprint density at radius 3 is 2.50 bits per heavy atom. The molecule has 0 saturated carbocycles. The van der Waals surface area contributed by atoms with Crippen LogP contribution in [0.1, 0.15) is 15.9 Å². The molecule has 0 fully saturated rings. The summed E-state index contributed by atoms with van der Waals surface area (Å²) in [6, 6.07) is 6.34. The fourth-order valence-corrected chi connectivity index (χ4v) is 3.22. The average molecular weight is 327 g/mol. The van der Waals surface area contributed by atoms with E-state index in [1.165, 1.54) is 13.0 Å². The largest absolute Gasteiger partial charge is 0.478 e. The molecule has 0 atom stereocenters. The Morgan fingerprint density at radius 2 is 1.86 bits per heavy atom. The van der Waals surface area contributed by atoms with Crippen molar-refractivity contribution in [2.75, 3.05) is 4.72 Å². The van der Waals surface area contributed by atoms with Crippen LogP contribution in [0.3, 0.4) is 0 Å². The number of carbonyl (C=O) groups is 1. The maximum absolute atomic E-state index is 13.5. The quantitative estimate of drug-likeness (QED) is 0.904. The van der Waals surface area contributed by atoms with Crippen LogP contribution in [-0.2, 0) is 10.0 Å². The summed E-state index contributed by atoms with van der Waals surface area (Å²) in [5.41, 5.74) is -0.974. The third kappa shape index (κ3) is 3.06. The van der Waals surface area contributed by atoms with Crippen LogP contribution in [0.5, 0.6) is 0 Å². The minimum atomic E-state index is -4.26. The first kappa shape index (κ1) is 15.9. The Hall–Kier alpha value is -2.48. The number of carboxylic acid groups (broad SMARTS) is 1. The van der Waals surface area contributed by atoms with Gasteiger partial charge in [0.05, 0.1) is 10.6 Å². The van der Waals surface area contributed by atoms with E-state index < -0.39 is 38.9 Å². The fraction of sp³-hybridized carbons (Fsp3) is 0.0714. The molecule has 0 unspecified atom stereocenters. The molecule has 0 saturated heterocycles. The third-order valence-corrected chi connectivity index (χ3v) is 4.42. The number of hydrogen-bond acceptors (Lipinski definition) is 3. The highest BCUT2D eigenvalue weighted by molar-refractivity contribution is 7.92. The van der Waals surface area contributed by atoms with Crippen molar-refractivity contribution in [3.63, 3.8) is 0 Å². The molecule has 0 radical (unpaired) electrons. The highest BCUT2D eigenvalue weighted by atomic mass is 32.2. The lowest BCUT2D eigenvalue weighted by molar-refractivity contribution is 0.0693. The van der Waals surface area contributed by atoms with Gasteiger partial charge in [0.1, 0.15) is 17.2 Å². The van der Waals surface area contributed by atoms with Gasteiger partial charge < -0.3 is 5.11 Å². The van der Waals surface area contributed by atoms with E-state index in [2.05, 4.69) is 0 Å². The summed E-state index contributed by atoms with van der Waals surface area (Å²) in [7, 11) is -4.26. The predicted octanol–water partition coefficient (Wildman–Crippen LogP) is 2.77. The van der Waals surface area contributed by atoms with E-state index in [1.54, 1.807) is 0 Å². The maximum atomic E-state index is 13.5. The van der Waals surface area contributed by atoms with Crippen molar-refractivity contribution in [2.24, 2.45) is 0 Å². The molecule has 0 aliphatic rings. The molecular formula is C14H11F2NO4S. The van der Waals surface area contributed by atoms with E-state index in [4.69, 9.17) is 5.11 Å². The van der Waals surface area contributed by atoms with Gasteiger partial charge in [-0.05, 0) is 36.8 Å².